The van der Waals surface area contributed by atoms with Gasteiger partial charge in [-0.2, -0.15) is 0 Å². The van der Waals surface area contributed by atoms with Gasteiger partial charge in [-0.1, -0.05) is 0 Å². The van der Waals surface area contributed by atoms with E-state index in [2.05, 4.69) is 5.32 Å². The summed E-state index contributed by atoms with van der Waals surface area (Å²) in [6, 6.07) is 2.84. The van der Waals surface area contributed by atoms with Crippen molar-refractivity contribution in [3.8, 4) is 0 Å². The maximum absolute atomic E-state index is 13.0. The van der Waals surface area contributed by atoms with Crippen LogP contribution in [-0.4, -0.2) is 26.0 Å². The fraction of sp³-hybridized carbons (Fsp3) is 0.500. The lowest BCUT2D eigenvalue weighted by Crippen LogP contribution is -2.34. The molecule has 2 atom stereocenters. The summed E-state index contributed by atoms with van der Waals surface area (Å²) < 4.78 is 49.2. The number of benzene rings is 1. The highest BCUT2D eigenvalue weighted by Crippen LogP contribution is 2.28. The first-order valence-electron chi connectivity index (χ1n) is 5.78. The molecule has 1 N–H and O–H groups in total. The van der Waals surface area contributed by atoms with Crippen LogP contribution < -0.4 is 5.32 Å². The third-order valence-corrected chi connectivity index (χ3v) is 4.88. The van der Waals surface area contributed by atoms with Gasteiger partial charge in [-0.15, -0.1) is 0 Å². The first-order chi connectivity index (χ1) is 8.36. The van der Waals surface area contributed by atoms with Gasteiger partial charge in [0.15, 0.2) is 9.84 Å². The number of sulfone groups is 1. The molecule has 6 heteroatoms. The Morgan fingerprint density at radius 3 is 2.33 bits per heavy atom. The van der Waals surface area contributed by atoms with Crippen LogP contribution in [0.5, 0.6) is 0 Å². The van der Waals surface area contributed by atoms with Gasteiger partial charge in [-0.3, -0.25) is 0 Å². The van der Waals surface area contributed by atoms with Gasteiger partial charge in [0.2, 0.25) is 0 Å². The van der Waals surface area contributed by atoms with Crippen LogP contribution in [0, 0.1) is 11.6 Å². The number of nitrogens with one attached hydrogen (secondary N) is 1. The number of hydrogen-bond acceptors (Lipinski definition) is 3. The van der Waals surface area contributed by atoms with Crippen LogP contribution in [0.15, 0.2) is 18.2 Å². The maximum Gasteiger partial charge on any atom is 0.152 e. The summed E-state index contributed by atoms with van der Waals surface area (Å²) in [5.41, 5.74) is 0.285. The third kappa shape index (κ3) is 2.98. The van der Waals surface area contributed by atoms with Gasteiger partial charge >= 0.3 is 0 Å². The topological polar surface area (TPSA) is 46.2 Å². The van der Waals surface area contributed by atoms with Gasteiger partial charge < -0.3 is 5.32 Å². The molecule has 1 aromatic rings. The summed E-state index contributed by atoms with van der Waals surface area (Å²) in [4.78, 5) is 0. The average Bonchev–Trinajstić information content (AvgIpc) is 2.63. The van der Waals surface area contributed by atoms with Crippen molar-refractivity contribution >= 4 is 15.5 Å². The lowest BCUT2D eigenvalue weighted by atomic mass is 10.2. The van der Waals surface area contributed by atoms with Crippen LogP contribution >= 0.6 is 0 Å². The van der Waals surface area contributed by atoms with Crippen LogP contribution in [0.4, 0.5) is 14.5 Å². The molecule has 1 aliphatic carbocycles. The predicted octanol–water partition coefficient (Wildman–Crippen LogP) is 2.34. The van der Waals surface area contributed by atoms with E-state index < -0.39 is 26.7 Å². The first kappa shape index (κ1) is 13.3. The summed E-state index contributed by atoms with van der Waals surface area (Å²) in [5, 5.41) is 2.44. The lowest BCUT2D eigenvalue weighted by molar-refractivity contribution is 0.577. The van der Waals surface area contributed by atoms with Crippen LogP contribution in [0.2, 0.25) is 0 Å². The second-order valence-corrected chi connectivity index (χ2v) is 6.97. The molecule has 2 rings (SSSR count). The Bertz CT molecular complexity index is 525. The van der Waals surface area contributed by atoms with E-state index in [4.69, 9.17) is 0 Å². The Morgan fingerprint density at radius 1 is 1.17 bits per heavy atom. The normalized spacial score (nSPS) is 24.2. The zero-order valence-electron chi connectivity index (χ0n) is 9.99. The number of halogens is 2. The fourth-order valence-electron chi connectivity index (χ4n) is 2.45. The molecule has 0 aliphatic heterocycles. The van der Waals surface area contributed by atoms with E-state index in [0.29, 0.717) is 12.8 Å². The quantitative estimate of drug-likeness (QED) is 0.921. The Labute approximate surface area is 105 Å². The van der Waals surface area contributed by atoms with Gasteiger partial charge in [0, 0.05) is 24.1 Å². The molecule has 18 heavy (non-hydrogen) atoms. The standard InChI is InChI=1S/C12H15F2NO2S/c1-18(16,17)12-4-2-3-11(12)15-10-6-8(13)5-9(14)7-10/h5-7,11-12,15H,2-4H2,1H3. The SMILES string of the molecule is CS(=O)(=O)C1CCCC1Nc1cc(F)cc(F)c1. The van der Waals surface area contributed by atoms with Crippen molar-refractivity contribution in [1.29, 1.82) is 0 Å². The highest BCUT2D eigenvalue weighted by atomic mass is 32.2. The van der Waals surface area contributed by atoms with Crippen molar-refractivity contribution in [1.82, 2.24) is 0 Å². The van der Waals surface area contributed by atoms with Crippen LogP contribution in [0.1, 0.15) is 19.3 Å². The minimum Gasteiger partial charge on any atom is -0.381 e. The van der Waals surface area contributed by atoms with Crippen LogP contribution in [0.3, 0.4) is 0 Å². The number of hydrogen-bond donors (Lipinski definition) is 1. The van der Waals surface area contributed by atoms with Crippen molar-refractivity contribution in [3.63, 3.8) is 0 Å². The molecule has 0 amide bonds. The minimum absolute atomic E-state index is 0.277. The largest absolute Gasteiger partial charge is 0.381 e. The van der Waals surface area contributed by atoms with E-state index in [1.165, 1.54) is 18.4 Å². The average molecular weight is 275 g/mol. The van der Waals surface area contributed by atoms with E-state index in [1.54, 1.807) is 0 Å². The molecule has 0 spiro atoms. The molecule has 0 bridgehead atoms. The van der Waals surface area contributed by atoms with Gasteiger partial charge in [0.05, 0.1) is 5.25 Å². The van der Waals surface area contributed by atoms with E-state index >= 15 is 0 Å². The van der Waals surface area contributed by atoms with E-state index in [1.807, 2.05) is 0 Å². The monoisotopic (exact) mass is 275 g/mol. The number of anilines is 1. The fourth-order valence-corrected chi connectivity index (χ4v) is 3.85. The summed E-state index contributed by atoms with van der Waals surface area (Å²) in [7, 11) is -3.14. The Kier molecular flexibility index (Phi) is 3.56. The highest BCUT2D eigenvalue weighted by molar-refractivity contribution is 7.91. The molecule has 0 heterocycles. The molecule has 0 aromatic heterocycles. The van der Waals surface area contributed by atoms with Crippen molar-refractivity contribution in [3.05, 3.63) is 29.8 Å². The maximum atomic E-state index is 13.0. The molecule has 1 saturated carbocycles. The molecule has 3 nitrogen and oxygen atoms in total. The zero-order chi connectivity index (χ0) is 13.3. The summed E-state index contributed by atoms with van der Waals surface area (Å²) >= 11 is 0. The van der Waals surface area contributed by atoms with Crippen molar-refractivity contribution < 1.29 is 17.2 Å². The van der Waals surface area contributed by atoms with Crippen molar-refractivity contribution in [2.24, 2.45) is 0 Å². The van der Waals surface area contributed by atoms with Crippen LogP contribution in [-0.2, 0) is 9.84 Å². The molecule has 1 aromatic carbocycles. The van der Waals surface area contributed by atoms with Gasteiger partial charge in [-0.25, -0.2) is 17.2 Å². The number of rotatable bonds is 3. The molecule has 0 radical (unpaired) electrons. The molecule has 0 saturated heterocycles. The first-order valence-corrected chi connectivity index (χ1v) is 7.73. The van der Waals surface area contributed by atoms with E-state index in [9.17, 15) is 17.2 Å². The minimum atomic E-state index is -3.14. The smallest absolute Gasteiger partial charge is 0.152 e. The van der Waals surface area contributed by atoms with Gasteiger partial charge in [0.25, 0.3) is 0 Å². The predicted molar refractivity (Wildman–Crippen MR) is 66.3 cm³/mol. The Balaban J connectivity index is 2.18. The molecule has 100 valence electrons. The summed E-state index contributed by atoms with van der Waals surface area (Å²) in [6.07, 6.45) is 3.28. The molecule has 1 fully saturated rings. The van der Waals surface area contributed by atoms with Crippen LogP contribution in [0.25, 0.3) is 0 Å². The third-order valence-electron chi connectivity index (χ3n) is 3.22. The van der Waals surface area contributed by atoms with Crippen molar-refractivity contribution in [2.45, 2.75) is 30.6 Å². The van der Waals surface area contributed by atoms with E-state index in [-0.39, 0.29) is 11.7 Å². The van der Waals surface area contributed by atoms with Crippen molar-refractivity contribution in [2.75, 3.05) is 11.6 Å². The second kappa shape index (κ2) is 4.84. The summed E-state index contributed by atoms with van der Waals surface area (Å²) in [6.45, 7) is 0. The second-order valence-electron chi connectivity index (χ2n) is 4.71. The highest BCUT2D eigenvalue weighted by Gasteiger charge is 2.34. The molecule has 1 aliphatic rings. The van der Waals surface area contributed by atoms with E-state index in [0.717, 1.165) is 12.5 Å². The molecular weight excluding hydrogens is 260 g/mol. The lowest BCUT2D eigenvalue weighted by Gasteiger charge is -2.20. The summed E-state index contributed by atoms with van der Waals surface area (Å²) in [5.74, 6) is -1.35. The molecule has 2 unspecified atom stereocenters. The van der Waals surface area contributed by atoms with Gasteiger partial charge in [-0.05, 0) is 31.4 Å². The Hall–Kier alpha value is -1.17. The molecular formula is C12H15F2NO2S. The zero-order valence-corrected chi connectivity index (χ0v) is 10.8. The Morgan fingerprint density at radius 2 is 1.78 bits per heavy atom. The van der Waals surface area contributed by atoms with Gasteiger partial charge in [0.1, 0.15) is 11.6 Å².